The van der Waals surface area contributed by atoms with Crippen LogP contribution in [0.3, 0.4) is 0 Å². The van der Waals surface area contributed by atoms with E-state index >= 15 is 0 Å². The Morgan fingerprint density at radius 2 is 1.82 bits per heavy atom. The highest BCUT2D eigenvalue weighted by atomic mass is 16.3. The Labute approximate surface area is 165 Å². The molecular weight excluding hydrogens is 354 g/mol. The molecule has 0 radical (unpaired) electrons. The molecular formula is C20H29N7O. The van der Waals surface area contributed by atoms with Crippen LogP contribution in [-0.4, -0.2) is 37.5 Å². The van der Waals surface area contributed by atoms with Crippen LogP contribution in [0.25, 0.3) is 11.4 Å². The third-order valence-electron chi connectivity index (χ3n) is 4.47. The number of aromatic nitrogens is 4. The molecule has 3 rings (SSSR count). The van der Waals surface area contributed by atoms with E-state index in [0.717, 1.165) is 17.1 Å². The van der Waals surface area contributed by atoms with Gasteiger partial charge < -0.3 is 26.0 Å². The van der Waals surface area contributed by atoms with Gasteiger partial charge in [-0.15, -0.1) is 5.10 Å². The highest BCUT2D eigenvalue weighted by molar-refractivity contribution is 5.81. The molecule has 8 heteroatoms. The highest BCUT2D eigenvalue weighted by Crippen LogP contribution is 2.38. The summed E-state index contributed by atoms with van der Waals surface area (Å²) in [5, 5.41) is 25.2. The van der Waals surface area contributed by atoms with Crippen molar-refractivity contribution in [1.29, 1.82) is 0 Å². The number of para-hydroxylation sites is 2. The topological polar surface area (TPSA) is 114 Å². The Hall–Kier alpha value is -2.87. The van der Waals surface area contributed by atoms with Crippen molar-refractivity contribution in [2.75, 3.05) is 22.9 Å². The lowest BCUT2D eigenvalue weighted by Gasteiger charge is -2.25. The largest absolute Gasteiger partial charge is 0.397 e. The third-order valence-corrected chi connectivity index (χ3v) is 4.47. The van der Waals surface area contributed by atoms with E-state index in [2.05, 4.69) is 53.1 Å². The predicted molar refractivity (Wildman–Crippen MR) is 113 cm³/mol. The Balaban J connectivity index is 2.19. The Morgan fingerprint density at radius 3 is 2.43 bits per heavy atom. The first kappa shape index (κ1) is 19.9. The minimum absolute atomic E-state index is 0.130. The van der Waals surface area contributed by atoms with Gasteiger partial charge in [0.25, 0.3) is 0 Å². The summed E-state index contributed by atoms with van der Waals surface area (Å²) in [6.45, 7) is 10.5. The molecule has 28 heavy (non-hydrogen) atoms. The SMILES string of the molecule is CC(O)CNc1nc(Nc2ccccc2N)c2nnc(C(C)C)c-2n1C(C)C. The van der Waals surface area contributed by atoms with Crippen molar-refractivity contribution in [3.63, 3.8) is 0 Å². The summed E-state index contributed by atoms with van der Waals surface area (Å²) in [6.07, 6.45) is -0.500. The molecule has 8 nitrogen and oxygen atoms in total. The second kappa shape index (κ2) is 8.02. The zero-order valence-corrected chi connectivity index (χ0v) is 17.1. The normalized spacial score (nSPS) is 12.7. The molecule has 0 aromatic heterocycles. The maximum atomic E-state index is 9.74. The van der Waals surface area contributed by atoms with E-state index < -0.39 is 6.10 Å². The number of hydrogen-bond donors (Lipinski definition) is 4. The molecule has 0 aliphatic carbocycles. The number of hydrogen-bond acceptors (Lipinski definition) is 7. The van der Waals surface area contributed by atoms with Crippen molar-refractivity contribution in [3.8, 4) is 11.4 Å². The molecule has 1 atom stereocenters. The molecule has 2 aliphatic heterocycles. The number of benzene rings is 1. The van der Waals surface area contributed by atoms with Crippen LogP contribution < -0.4 is 16.4 Å². The monoisotopic (exact) mass is 383 g/mol. The zero-order chi connectivity index (χ0) is 20.4. The minimum atomic E-state index is -0.500. The average Bonchev–Trinajstić information content (AvgIpc) is 3.06. The van der Waals surface area contributed by atoms with Gasteiger partial charge in [0.1, 0.15) is 0 Å². The van der Waals surface area contributed by atoms with Gasteiger partial charge in [-0.2, -0.15) is 10.1 Å². The Kier molecular flexibility index (Phi) is 5.69. The number of nitrogens with zero attached hydrogens (tertiary/aromatic N) is 4. The third kappa shape index (κ3) is 3.87. The lowest BCUT2D eigenvalue weighted by Crippen LogP contribution is -2.23. The van der Waals surface area contributed by atoms with Crippen molar-refractivity contribution < 1.29 is 5.11 Å². The molecule has 2 heterocycles. The highest BCUT2D eigenvalue weighted by Gasteiger charge is 2.28. The maximum Gasteiger partial charge on any atom is 0.205 e. The van der Waals surface area contributed by atoms with Gasteiger partial charge in [-0.3, -0.25) is 0 Å². The lowest BCUT2D eigenvalue weighted by molar-refractivity contribution is 0.208. The van der Waals surface area contributed by atoms with E-state index in [1.54, 1.807) is 6.92 Å². The fourth-order valence-corrected chi connectivity index (χ4v) is 3.12. The van der Waals surface area contributed by atoms with E-state index in [9.17, 15) is 5.11 Å². The van der Waals surface area contributed by atoms with Crippen molar-refractivity contribution in [3.05, 3.63) is 30.0 Å². The standard InChI is InChI=1S/C20H29N7O/c1-11(2)16-18-17(26-25-16)19(23-15-9-7-6-8-14(15)21)24-20(22-10-13(5)28)27(18)12(3)4/h6-9,11-13,23,28H,10,21H2,1-5H3,(H,22,24). The van der Waals surface area contributed by atoms with Gasteiger partial charge in [0.15, 0.2) is 11.5 Å². The van der Waals surface area contributed by atoms with E-state index in [4.69, 9.17) is 10.7 Å². The van der Waals surface area contributed by atoms with Crippen LogP contribution in [0.15, 0.2) is 24.3 Å². The van der Waals surface area contributed by atoms with Crippen LogP contribution >= 0.6 is 0 Å². The van der Waals surface area contributed by atoms with Crippen molar-refractivity contribution in [1.82, 2.24) is 19.7 Å². The fourth-order valence-electron chi connectivity index (χ4n) is 3.12. The van der Waals surface area contributed by atoms with E-state index in [-0.39, 0.29) is 12.0 Å². The molecule has 0 bridgehead atoms. The summed E-state index contributed by atoms with van der Waals surface area (Å²) < 4.78 is 2.09. The van der Waals surface area contributed by atoms with Crippen LogP contribution in [0.4, 0.5) is 23.1 Å². The molecule has 0 saturated heterocycles. The minimum Gasteiger partial charge on any atom is -0.397 e. The zero-order valence-electron chi connectivity index (χ0n) is 17.1. The van der Waals surface area contributed by atoms with Crippen LogP contribution in [0, 0.1) is 0 Å². The predicted octanol–water partition coefficient (Wildman–Crippen LogP) is 3.60. The summed E-state index contributed by atoms with van der Waals surface area (Å²) in [6, 6.07) is 7.66. The lowest BCUT2D eigenvalue weighted by atomic mass is 10.1. The average molecular weight is 384 g/mol. The number of nitrogens with two attached hydrogens (primary N) is 1. The first-order chi connectivity index (χ1) is 13.3. The van der Waals surface area contributed by atoms with Gasteiger partial charge in [0.2, 0.25) is 5.95 Å². The molecule has 0 saturated carbocycles. The van der Waals surface area contributed by atoms with Gasteiger partial charge in [0, 0.05) is 12.6 Å². The quantitative estimate of drug-likeness (QED) is 0.461. The van der Waals surface area contributed by atoms with Gasteiger partial charge in [0.05, 0.1) is 28.9 Å². The number of aliphatic hydroxyl groups excluding tert-OH is 1. The Bertz CT molecular complexity index is 917. The van der Waals surface area contributed by atoms with Crippen LogP contribution in [-0.2, 0) is 0 Å². The van der Waals surface area contributed by atoms with Gasteiger partial charge in [-0.25, -0.2) is 0 Å². The van der Waals surface area contributed by atoms with Crippen molar-refractivity contribution >= 4 is 23.1 Å². The van der Waals surface area contributed by atoms with Gasteiger partial charge in [-0.05, 0) is 38.8 Å². The van der Waals surface area contributed by atoms with Crippen molar-refractivity contribution in [2.24, 2.45) is 0 Å². The summed E-state index contributed by atoms with van der Waals surface area (Å²) in [5.41, 5.74) is 10.0. The smallest absolute Gasteiger partial charge is 0.205 e. The van der Waals surface area contributed by atoms with E-state index in [1.807, 2.05) is 24.3 Å². The molecule has 1 aromatic carbocycles. The fraction of sp³-hybridized carbons (Fsp3) is 0.450. The molecule has 5 N–H and O–H groups in total. The second-order valence-electron chi connectivity index (χ2n) is 7.63. The second-order valence-corrected chi connectivity index (χ2v) is 7.63. The summed E-state index contributed by atoms with van der Waals surface area (Å²) in [5.74, 6) is 1.44. The van der Waals surface area contributed by atoms with E-state index in [0.29, 0.717) is 29.7 Å². The van der Waals surface area contributed by atoms with E-state index in [1.165, 1.54) is 0 Å². The van der Waals surface area contributed by atoms with Gasteiger partial charge >= 0.3 is 0 Å². The molecule has 150 valence electrons. The summed E-state index contributed by atoms with van der Waals surface area (Å²) in [7, 11) is 0. The molecule has 1 unspecified atom stereocenters. The number of anilines is 4. The number of nitrogens with one attached hydrogen (secondary N) is 2. The number of fused-ring (bicyclic) bond motifs is 1. The van der Waals surface area contributed by atoms with Crippen LogP contribution in [0.2, 0.25) is 0 Å². The molecule has 1 aromatic rings. The number of nitrogen functional groups attached to an aromatic ring is 1. The first-order valence-electron chi connectivity index (χ1n) is 9.61. The Morgan fingerprint density at radius 1 is 1.11 bits per heavy atom. The summed E-state index contributed by atoms with van der Waals surface area (Å²) in [4.78, 5) is 4.77. The van der Waals surface area contributed by atoms with Crippen LogP contribution in [0.5, 0.6) is 0 Å². The van der Waals surface area contributed by atoms with Gasteiger partial charge in [-0.1, -0.05) is 26.0 Å². The molecule has 2 aliphatic rings. The molecule has 0 amide bonds. The number of aliphatic hydroxyl groups is 1. The summed E-state index contributed by atoms with van der Waals surface area (Å²) >= 11 is 0. The molecule has 0 spiro atoms. The van der Waals surface area contributed by atoms with Crippen LogP contribution in [0.1, 0.15) is 52.3 Å². The molecule has 0 fully saturated rings. The van der Waals surface area contributed by atoms with Crippen molar-refractivity contribution in [2.45, 2.75) is 52.7 Å². The maximum absolute atomic E-state index is 9.74. The number of rotatable bonds is 7. The first-order valence-corrected chi connectivity index (χ1v) is 9.61.